The molecule has 0 spiro atoms. The number of ether oxygens (including phenoxy) is 3. The summed E-state index contributed by atoms with van der Waals surface area (Å²) in [5.41, 5.74) is 5.53. The number of nitrogens with one attached hydrogen (secondary N) is 1. The number of aromatic nitrogens is 2. The summed E-state index contributed by atoms with van der Waals surface area (Å²) in [5, 5.41) is 7.87. The zero-order valence-corrected chi connectivity index (χ0v) is 25.1. The summed E-state index contributed by atoms with van der Waals surface area (Å²) in [6, 6.07) is 27.7. The predicted molar refractivity (Wildman–Crippen MR) is 166 cm³/mol. The molecule has 0 saturated heterocycles. The van der Waals surface area contributed by atoms with E-state index >= 15 is 0 Å². The van der Waals surface area contributed by atoms with Crippen LogP contribution in [0.3, 0.4) is 0 Å². The first-order chi connectivity index (χ1) is 20.3. The number of methoxy groups -OCH3 is 2. The highest BCUT2D eigenvalue weighted by Crippen LogP contribution is 2.43. The van der Waals surface area contributed by atoms with E-state index in [1.165, 1.54) is 6.92 Å². The SMILES string of the molecule is COc1ccc(-c2nn(-c3cccc(C)c3)c(OC(C)=O)c2-c2ccc(NC(=O)c3cccc(Br)c3)cc2)cc1OC. The maximum Gasteiger partial charge on any atom is 0.309 e. The summed E-state index contributed by atoms with van der Waals surface area (Å²) in [6.07, 6.45) is 0. The highest BCUT2D eigenvalue weighted by molar-refractivity contribution is 9.10. The second-order valence-corrected chi connectivity index (χ2v) is 10.4. The van der Waals surface area contributed by atoms with Crippen molar-refractivity contribution in [1.82, 2.24) is 9.78 Å². The van der Waals surface area contributed by atoms with Crippen LogP contribution in [-0.2, 0) is 4.79 Å². The number of anilines is 1. The average molecular weight is 627 g/mol. The molecule has 0 fully saturated rings. The molecule has 4 aromatic carbocycles. The van der Waals surface area contributed by atoms with E-state index in [2.05, 4.69) is 21.2 Å². The Hall–Kier alpha value is -4.89. The molecule has 9 heteroatoms. The molecule has 8 nitrogen and oxygen atoms in total. The third-order valence-corrected chi connectivity index (χ3v) is 7.00. The van der Waals surface area contributed by atoms with Gasteiger partial charge in [0.05, 0.1) is 25.5 Å². The maximum absolute atomic E-state index is 12.8. The van der Waals surface area contributed by atoms with Crippen molar-refractivity contribution in [3.8, 4) is 45.5 Å². The van der Waals surface area contributed by atoms with Crippen molar-refractivity contribution < 1.29 is 23.8 Å². The quantitative estimate of drug-likeness (QED) is 0.180. The van der Waals surface area contributed by atoms with Crippen molar-refractivity contribution in [2.45, 2.75) is 13.8 Å². The Morgan fingerprint density at radius 1 is 0.833 bits per heavy atom. The molecule has 1 heterocycles. The van der Waals surface area contributed by atoms with Crippen molar-refractivity contribution in [3.05, 3.63) is 107 Å². The predicted octanol–water partition coefficient (Wildman–Crippen LogP) is 7.47. The Morgan fingerprint density at radius 2 is 1.55 bits per heavy atom. The molecular formula is C33H28BrN3O5. The molecule has 0 aliphatic rings. The number of hydrogen-bond donors (Lipinski definition) is 1. The fourth-order valence-electron chi connectivity index (χ4n) is 4.57. The zero-order chi connectivity index (χ0) is 29.8. The van der Waals surface area contributed by atoms with Gasteiger partial charge in [-0.1, -0.05) is 46.3 Å². The number of carbonyl (C=O) groups excluding carboxylic acids is 2. The molecule has 5 rings (SSSR count). The molecule has 0 unspecified atom stereocenters. The van der Waals surface area contributed by atoms with Gasteiger partial charge in [-0.3, -0.25) is 9.59 Å². The molecule has 0 atom stereocenters. The molecule has 42 heavy (non-hydrogen) atoms. The summed E-state index contributed by atoms with van der Waals surface area (Å²) in [6.45, 7) is 3.34. The van der Waals surface area contributed by atoms with E-state index in [4.69, 9.17) is 19.3 Å². The van der Waals surface area contributed by atoms with Gasteiger partial charge >= 0.3 is 5.97 Å². The van der Waals surface area contributed by atoms with E-state index in [0.29, 0.717) is 34.0 Å². The molecule has 1 amide bonds. The minimum absolute atomic E-state index is 0.233. The number of rotatable bonds is 8. The maximum atomic E-state index is 12.8. The van der Waals surface area contributed by atoms with Crippen LogP contribution in [0.5, 0.6) is 17.4 Å². The van der Waals surface area contributed by atoms with Gasteiger partial charge in [-0.25, -0.2) is 0 Å². The number of esters is 1. The summed E-state index contributed by atoms with van der Waals surface area (Å²) in [5.74, 6) is 0.658. The number of halogens is 1. The lowest BCUT2D eigenvalue weighted by atomic mass is 10.0. The van der Waals surface area contributed by atoms with Crippen molar-refractivity contribution in [2.75, 3.05) is 19.5 Å². The van der Waals surface area contributed by atoms with E-state index in [9.17, 15) is 9.59 Å². The van der Waals surface area contributed by atoms with Crippen LogP contribution in [0.1, 0.15) is 22.8 Å². The van der Waals surface area contributed by atoms with Gasteiger partial charge in [-0.15, -0.1) is 0 Å². The van der Waals surface area contributed by atoms with E-state index in [1.807, 2.05) is 61.5 Å². The van der Waals surface area contributed by atoms with Crippen molar-refractivity contribution in [3.63, 3.8) is 0 Å². The molecule has 0 saturated carbocycles. The monoisotopic (exact) mass is 625 g/mol. The normalized spacial score (nSPS) is 10.7. The number of carbonyl (C=O) groups is 2. The fourth-order valence-corrected chi connectivity index (χ4v) is 4.97. The standard InChI is InChI=1S/C33H28BrN3O5/c1-20-7-5-10-27(17-20)37-33(42-21(2)38)30(31(36-37)23-13-16-28(40-3)29(19-23)41-4)22-11-14-26(15-12-22)35-32(39)24-8-6-9-25(34)18-24/h5-19H,1-4H3,(H,35,39). The summed E-state index contributed by atoms with van der Waals surface area (Å²) < 4.78 is 19.3. The van der Waals surface area contributed by atoms with Gasteiger partial charge in [0.15, 0.2) is 11.5 Å². The largest absolute Gasteiger partial charge is 0.493 e. The van der Waals surface area contributed by atoms with Crippen LogP contribution in [-0.4, -0.2) is 35.9 Å². The van der Waals surface area contributed by atoms with Crippen LogP contribution in [0.4, 0.5) is 5.69 Å². The molecule has 0 bridgehead atoms. The average Bonchev–Trinajstić information content (AvgIpc) is 3.35. The second-order valence-electron chi connectivity index (χ2n) is 9.48. The lowest BCUT2D eigenvalue weighted by Crippen LogP contribution is -2.11. The highest BCUT2D eigenvalue weighted by Gasteiger charge is 2.25. The Labute approximate surface area is 252 Å². The van der Waals surface area contributed by atoms with E-state index in [0.717, 1.165) is 26.9 Å². The topological polar surface area (TPSA) is 91.7 Å². The fraction of sp³-hybridized carbons (Fsp3) is 0.121. The van der Waals surface area contributed by atoms with Crippen LogP contribution >= 0.6 is 15.9 Å². The molecule has 0 radical (unpaired) electrons. The minimum atomic E-state index is -0.484. The molecule has 212 valence electrons. The van der Waals surface area contributed by atoms with E-state index < -0.39 is 5.97 Å². The zero-order valence-electron chi connectivity index (χ0n) is 23.5. The number of amides is 1. The smallest absolute Gasteiger partial charge is 0.309 e. The Morgan fingerprint density at radius 3 is 2.21 bits per heavy atom. The van der Waals surface area contributed by atoms with Crippen LogP contribution in [0.15, 0.2) is 95.5 Å². The number of hydrogen-bond acceptors (Lipinski definition) is 6. The van der Waals surface area contributed by atoms with Crippen LogP contribution in [0.25, 0.3) is 28.1 Å². The van der Waals surface area contributed by atoms with Gasteiger partial charge in [0.1, 0.15) is 5.69 Å². The van der Waals surface area contributed by atoms with Crippen LogP contribution < -0.4 is 19.5 Å². The molecule has 1 N–H and O–H groups in total. The van der Waals surface area contributed by atoms with Crippen LogP contribution in [0, 0.1) is 6.92 Å². The molecule has 1 aromatic heterocycles. The lowest BCUT2D eigenvalue weighted by molar-refractivity contribution is -0.132. The number of benzene rings is 4. The summed E-state index contributed by atoms with van der Waals surface area (Å²) >= 11 is 3.40. The first kappa shape index (κ1) is 28.6. The summed E-state index contributed by atoms with van der Waals surface area (Å²) in [4.78, 5) is 25.2. The lowest BCUT2D eigenvalue weighted by Gasteiger charge is -2.12. The first-order valence-electron chi connectivity index (χ1n) is 13.1. The minimum Gasteiger partial charge on any atom is -0.493 e. The molecule has 0 aliphatic heterocycles. The van der Waals surface area contributed by atoms with Gasteiger partial charge in [0, 0.05) is 28.2 Å². The van der Waals surface area contributed by atoms with Gasteiger partial charge < -0.3 is 19.5 Å². The highest BCUT2D eigenvalue weighted by atomic mass is 79.9. The van der Waals surface area contributed by atoms with E-state index in [-0.39, 0.29) is 11.8 Å². The van der Waals surface area contributed by atoms with Crippen molar-refractivity contribution in [1.29, 1.82) is 0 Å². The van der Waals surface area contributed by atoms with Gasteiger partial charge in [-0.05, 0) is 78.7 Å². The van der Waals surface area contributed by atoms with Crippen molar-refractivity contribution >= 4 is 33.5 Å². The summed E-state index contributed by atoms with van der Waals surface area (Å²) in [7, 11) is 3.14. The molecular weight excluding hydrogens is 598 g/mol. The Kier molecular flexibility index (Phi) is 8.40. The second kappa shape index (κ2) is 12.3. The third kappa shape index (κ3) is 6.06. The Balaban J connectivity index is 1.64. The van der Waals surface area contributed by atoms with Gasteiger partial charge in [0.2, 0.25) is 5.88 Å². The Bertz CT molecular complexity index is 1780. The third-order valence-electron chi connectivity index (χ3n) is 6.50. The van der Waals surface area contributed by atoms with Gasteiger partial charge in [0.25, 0.3) is 5.91 Å². The van der Waals surface area contributed by atoms with Crippen molar-refractivity contribution in [2.24, 2.45) is 0 Å². The number of aryl methyl sites for hydroxylation is 1. The molecule has 0 aliphatic carbocycles. The number of nitrogens with zero attached hydrogens (tertiary/aromatic N) is 2. The van der Waals surface area contributed by atoms with Crippen LogP contribution in [0.2, 0.25) is 0 Å². The van der Waals surface area contributed by atoms with E-state index in [1.54, 1.807) is 55.3 Å². The van der Waals surface area contributed by atoms with Gasteiger partial charge in [-0.2, -0.15) is 9.78 Å². The molecule has 5 aromatic rings. The first-order valence-corrected chi connectivity index (χ1v) is 13.8.